The van der Waals surface area contributed by atoms with Crippen LogP contribution in [0.2, 0.25) is 0 Å². The van der Waals surface area contributed by atoms with Gasteiger partial charge in [-0.2, -0.15) is 0 Å². The van der Waals surface area contributed by atoms with Crippen molar-refractivity contribution in [2.24, 2.45) is 5.84 Å². The van der Waals surface area contributed by atoms with Crippen molar-refractivity contribution in [2.75, 3.05) is 10.7 Å². The standard InChI is InChI=1S/C11H15N7O2S/c1-3-7-4-13-11(21-7)6(2)16-9-8(18(19)20)10(17-12)15-5-14-9/h4-6H,3,12H2,1-2H3,(H2,14,15,16,17). The molecule has 0 aliphatic rings. The molecular weight excluding hydrogens is 294 g/mol. The van der Waals surface area contributed by atoms with E-state index >= 15 is 0 Å². The van der Waals surface area contributed by atoms with Crippen molar-refractivity contribution in [3.05, 3.63) is 32.5 Å². The first-order valence-electron chi connectivity index (χ1n) is 6.24. The van der Waals surface area contributed by atoms with Gasteiger partial charge in [-0.25, -0.2) is 20.8 Å². The molecule has 0 saturated carbocycles. The molecule has 2 aromatic rings. The molecule has 0 aliphatic heterocycles. The van der Waals surface area contributed by atoms with Crippen molar-refractivity contribution in [1.82, 2.24) is 15.0 Å². The maximum atomic E-state index is 11.1. The van der Waals surface area contributed by atoms with E-state index in [-0.39, 0.29) is 23.4 Å². The zero-order chi connectivity index (χ0) is 15.4. The van der Waals surface area contributed by atoms with Crippen LogP contribution >= 0.6 is 11.3 Å². The zero-order valence-electron chi connectivity index (χ0n) is 11.5. The Morgan fingerprint density at radius 1 is 1.43 bits per heavy atom. The van der Waals surface area contributed by atoms with Gasteiger partial charge in [-0.3, -0.25) is 10.1 Å². The van der Waals surface area contributed by atoms with Crippen LogP contribution in [0.25, 0.3) is 0 Å². The molecule has 0 saturated heterocycles. The van der Waals surface area contributed by atoms with Crippen molar-refractivity contribution in [3.63, 3.8) is 0 Å². The Balaban J connectivity index is 2.28. The molecule has 2 aromatic heterocycles. The van der Waals surface area contributed by atoms with Gasteiger partial charge in [0, 0.05) is 11.1 Å². The normalized spacial score (nSPS) is 12.0. The summed E-state index contributed by atoms with van der Waals surface area (Å²) in [6, 6.07) is -0.213. The summed E-state index contributed by atoms with van der Waals surface area (Å²) in [5.41, 5.74) is 1.91. The van der Waals surface area contributed by atoms with Crippen LogP contribution in [0, 0.1) is 10.1 Å². The summed E-state index contributed by atoms with van der Waals surface area (Å²) in [4.78, 5) is 23.7. The Kier molecular flexibility index (Phi) is 4.60. The molecule has 9 nitrogen and oxygen atoms in total. The Hall–Kier alpha value is -2.33. The van der Waals surface area contributed by atoms with E-state index in [1.165, 1.54) is 6.33 Å². The predicted octanol–water partition coefficient (Wildman–Crippen LogP) is 1.86. The first-order chi connectivity index (χ1) is 10.1. The second kappa shape index (κ2) is 6.41. The van der Waals surface area contributed by atoms with Crippen molar-refractivity contribution in [3.8, 4) is 0 Å². The number of rotatable bonds is 6. The van der Waals surface area contributed by atoms with Crippen LogP contribution in [0.3, 0.4) is 0 Å². The van der Waals surface area contributed by atoms with E-state index in [2.05, 4.69) is 25.7 Å². The monoisotopic (exact) mass is 309 g/mol. The van der Waals surface area contributed by atoms with Crippen molar-refractivity contribution in [1.29, 1.82) is 0 Å². The van der Waals surface area contributed by atoms with Crippen LogP contribution in [0.4, 0.5) is 17.3 Å². The van der Waals surface area contributed by atoms with E-state index in [0.717, 1.165) is 16.3 Å². The van der Waals surface area contributed by atoms with Crippen LogP contribution in [-0.2, 0) is 6.42 Å². The van der Waals surface area contributed by atoms with Crippen LogP contribution in [0.5, 0.6) is 0 Å². The molecule has 0 bridgehead atoms. The van der Waals surface area contributed by atoms with Crippen molar-refractivity contribution < 1.29 is 4.92 Å². The third-order valence-electron chi connectivity index (χ3n) is 2.79. The third kappa shape index (κ3) is 3.23. The minimum absolute atomic E-state index is 0.0434. The Labute approximate surface area is 124 Å². The molecule has 2 rings (SSSR count). The average Bonchev–Trinajstić information content (AvgIpc) is 2.95. The fourth-order valence-corrected chi connectivity index (χ4v) is 2.58. The molecule has 0 amide bonds. The van der Waals surface area contributed by atoms with E-state index in [9.17, 15) is 10.1 Å². The van der Waals surface area contributed by atoms with Crippen LogP contribution in [0.15, 0.2) is 12.5 Å². The number of aromatic nitrogens is 3. The lowest BCUT2D eigenvalue weighted by Gasteiger charge is -2.12. The number of aryl methyl sites for hydroxylation is 1. The zero-order valence-corrected chi connectivity index (χ0v) is 12.3. The van der Waals surface area contributed by atoms with Gasteiger partial charge in [-0.1, -0.05) is 6.92 Å². The maximum Gasteiger partial charge on any atom is 0.354 e. The smallest absolute Gasteiger partial charge is 0.354 e. The Morgan fingerprint density at radius 2 is 2.14 bits per heavy atom. The number of hydrazine groups is 1. The molecular formula is C11H15N7O2S. The lowest BCUT2D eigenvalue weighted by Crippen LogP contribution is -2.15. The van der Waals surface area contributed by atoms with Gasteiger partial charge in [0.1, 0.15) is 11.3 Å². The van der Waals surface area contributed by atoms with Gasteiger partial charge in [-0.15, -0.1) is 11.3 Å². The summed E-state index contributed by atoms with van der Waals surface area (Å²) < 4.78 is 0. The largest absolute Gasteiger partial charge is 0.355 e. The Morgan fingerprint density at radius 3 is 2.71 bits per heavy atom. The quantitative estimate of drug-likeness (QED) is 0.418. The van der Waals surface area contributed by atoms with Crippen molar-refractivity contribution in [2.45, 2.75) is 26.3 Å². The number of nitrogens with one attached hydrogen (secondary N) is 2. The minimum atomic E-state index is -0.580. The summed E-state index contributed by atoms with van der Waals surface area (Å²) >= 11 is 1.56. The maximum absolute atomic E-state index is 11.1. The highest BCUT2D eigenvalue weighted by atomic mass is 32.1. The van der Waals surface area contributed by atoms with Crippen LogP contribution in [-0.4, -0.2) is 19.9 Å². The first-order valence-corrected chi connectivity index (χ1v) is 7.05. The van der Waals surface area contributed by atoms with E-state index in [1.54, 1.807) is 17.5 Å². The van der Waals surface area contributed by atoms with Gasteiger partial charge >= 0.3 is 5.69 Å². The molecule has 0 spiro atoms. The topological polar surface area (TPSA) is 132 Å². The van der Waals surface area contributed by atoms with Crippen LogP contribution < -0.4 is 16.6 Å². The number of nitro groups is 1. The average molecular weight is 309 g/mol. The fourth-order valence-electron chi connectivity index (χ4n) is 1.72. The van der Waals surface area contributed by atoms with E-state index in [0.29, 0.717) is 0 Å². The minimum Gasteiger partial charge on any atom is -0.355 e. The highest BCUT2D eigenvalue weighted by molar-refractivity contribution is 7.11. The van der Waals surface area contributed by atoms with Gasteiger partial charge in [0.05, 0.1) is 11.0 Å². The second-order valence-corrected chi connectivity index (χ2v) is 5.35. The van der Waals surface area contributed by atoms with Gasteiger partial charge < -0.3 is 10.7 Å². The van der Waals surface area contributed by atoms with Gasteiger partial charge in [0.25, 0.3) is 0 Å². The van der Waals surface area contributed by atoms with E-state index in [1.807, 2.05) is 13.8 Å². The first kappa shape index (κ1) is 15.1. The molecule has 0 fully saturated rings. The predicted molar refractivity (Wildman–Crippen MR) is 80.0 cm³/mol. The molecule has 21 heavy (non-hydrogen) atoms. The number of anilines is 2. The molecule has 1 unspecified atom stereocenters. The van der Waals surface area contributed by atoms with E-state index < -0.39 is 4.92 Å². The third-order valence-corrected chi connectivity index (χ3v) is 4.11. The van der Waals surface area contributed by atoms with E-state index in [4.69, 9.17) is 5.84 Å². The summed E-state index contributed by atoms with van der Waals surface area (Å²) in [7, 11) is 0. The summed E-state index contributed by atoms with van der Waals surface area (Å²) in [5, 5.41) is 15.0. The molecule has 2 heterocycles. The summed E-state index contributed by atoms with van der Waals surface area (Å²) in [6.45, 7) is 3.91. The molecule has 112 valence electrons. The molecule has 1 atom stereocenters. The van der Waals surface area contributed by atoms with Crippen LogP contribution in [0.1, 0.15) is 29.8 Å². The lowest BCUT2D eigenvalue weighted by molar-refractivity contribution is -0.383. The second-order valence-electron chi connectivity index (χ2n) is 4.21. The molecule has 0 aliphatic carbocycles. The number of thiazole rings is 1. The lowest BCUT2D eigenvalue weighted by atomic mass is 10.3. The van der Waals surface area contributed by atoms with Gasteiger partial charge in [0.2, 0.25) is 11.6 Å². The fraction of sp³-hybridized carbons (Fsp3) is 0.364. The number of nitrogens with two attached hydrogens (primary N) is 1. The number of nitrogen functional groups attached to an aromatic ring is 1. The Bertz CT molecular complexity index is 645. The summed E-state index contributed by atoms with van der Waals surface area (Å²) in [5.74, 6) is 5.30. The van der Waals surface area contributed by atoms with Gasteiger partial charge in [-0.05, 0) is 13.3 Å². The van der Waals surface area contributed by atoms with Crippen molar-refractivity contribution >= 4 is 28.7 Å². The highest BCUT2D eigenvalue weighted by Gasteiger charge is 2.24. The molecule has 0 radical (unpaired) electrons. The SMILES string of the molecule is CCc1cnc(C(C)Nc2ncnc(NN)c2[N+](=O)[O-])s1. The molecule has 10 heteroatoms. The number of hydrogen-bond donors (Lipinski definition) is 3. The molecule has 0 aromatic carbocycles. The molecule has 4 N–H and O–H groups in total. The number of nitrogens with zero attached hydrogens (tertiary/aromatic N) is 4. The number of hydrogen-bond acceptors (Lipinski definition) is 9. The highest BCUT2D eigenvalue weighted by Crippen LogP contribution is 2.31. The summed E-state index contributed by atoms with van der Waals surface area (Å²) in [6.07, 6.45) is 3.91. The van der Waals surface area contributed by atoms with Gasteiger partial charge in [0.15, 0.2) is 0 Å².